The van der Waals surface area contributed by atoms with Gasteiger partial charge in [-0.05, 0) is 57.4 Å². The number of aliphatic hydroxyl groups excluding tert-OH is 1. The summed E-state index contributed by atoms with van der Waals surface area (Å²) >= 11 is 0. The molecule has 2 aliphatic carbocycles. The maximum Gasteiger partial charge on any atom is 0.162 e. The van der Waals surface area contributed by atoms with Crippen LogP contribution in [0, 0.1) is 17.3 Å². The van der Waals surface area contributed by atoms with Gasteiger partial charge in [-0.3, -0.25) is 4.79 Å². The Kier molecular flexibility index (Phi) is 5.11. The number of carbonyl (C=O) groups is 1. The average Bonchev–Trinajstić information content (AvgIpc) is 2.65. The molecule has 0 aromatic heterocycles. The van der Waals surface area contributed by atoms with Gasteiger partial charge in [0.25, 0.3) is 0 Å². The SMILES string of the molecule is CC1=C[C@H](O)CC(C)=CC[C@@]2(C)C(=O)C=C(C(C)C)C2CC1. The van der Waals surface area contributed by atoms with Gasteiger partial charge in [0.1, 0.15) is 0 Å². The largest absolute Gasteiger partial charge is 0.389 e. The van der Waals surface area contributed by atoms with Crippen LogP contribution in [0.25, 0.3) is 0 Å². The van der Waals surface area contributed by atoms with Gasteiger partial charge in [0.15, 0.2) is 5.78 Å². The fourth-order valence-corrected chi connectivity index (χ4v) is 3.90. The van der Waals surface area contributed by atoms with E-state index in [0.29, 0.717) is 18.3 Å². The van der Waals surface area contributed by atoms with Crippen molar-refractivity contribution in [2.45, 2.75) is 66.4 Å². The minimum absolute atomic E-state index is 0.284. The van der Waals surface area contributed by atoms with Crippen molar-refractivity contribution in [3.63, 3.8) is 0 Å². The van der Waals surface area contributed by atoms with Crippen molar-refractivity contribution in [1.29, 1.82) is 0 Å². The van der Waals surface area contributed by atoms with Crippen molar-refractivity contribution in [2.24, 2.45) is 17.3 Å². The zero-order valence-corrected chi connectivity index (χ0v) is 14.6. The van der Waals surface area contributed by atoms with Crippen LogP contribution in [-0.2, 0) is 4.79 Å². The highest BCUT2D eigenvalue weighted by Crippen LogP contribution is 2.48. The molecule has 2 heteroatoms. The first-order chi connectivity index (χ1) is 10.2. The van der Waals surface area contributed by atoms with E-state index in [0.717, 1.165) is 19.3 Å². The quantitative estimate of drug-likeness (QED) is 0.719. The van der Waals surface area contributed by atoms with Gasteiger partial charge in [-0.1, -0.05) is 49.6 Å². The Labute approximate surface area is 135 Å². The van der Waals surface area contributed by atoms with Crippen LogP contribution < -0.4 is 0 Å². The van der Waals surface area contributed by atoms with Gasteiger partial charge in [0, 0.05) is 5.41 Å². The molecular weight excluding hydrogens is 272 g/mol. The molecule has 0 radical (unpaired) electrons. The van der Waals surface area contributed by atoms with Crippen molar-refractivity contribution in [3.05, 3.63) is 34.9 Å². The van der Waals surface area contributed by atoms with Gasteiger partial charge in [0.2, 0.25) is 0 Å². The first-order valence-corrected chi connectivity index (χ1v) is 8.51. The molecule has 0 saturated carbocycles. The molecule has 0 aromatic carbocycles. The molecular formula is C20H30O2. The van der Waals surface area contributed by atoms with E-state index in [1.54, 1.807) is 0 Å². The summed E-state index contributed by atoms with van der Waals surface area (Å²) in [5.74, 6) is 1.02. The van der Waals surface area contributed by atoms with Crippen LogP contribution in [-0.4, -0.2) is 17.0 Å². The third kappa shape index (κ3) is 3.43. The lowest BCUT2D eigenvalue weighted by Crippen LogP contribution is -2.31. The van der Waals surface area contributed by atoms with Crippen molar-refractivity contribution in [3.8, 4) is 0 Å². The molecule has 2 aliphatic rings. The molecule has 0 amide bonds. The molecule has 1 unspecified atom stereocenters. The lowest BCUT2D eigenvalue weighted by molar-refractivity contribution is -0.123. The molecule has 2 rings (SSSR count). The predicted molar refractivity (Wildman–Crippen MR) is 91.5 cm³/mol. The Balaban J connectivity index is 2.39. The monoisotopic (exact) mass is 302 g/mol. The summed E-state index contributed by atoms with van der Waals surface area (Å²) in [5.41, 5.74) is 3.40. The number of rotatable bonds is 1. The number of fused-ring (bicyclic) bond motifs is 1. The molecule has 0 saturated heterocycles. The second-order valence-electron chi connectivity index (χ2n) is 7.71. The van der Waals surface area contributed by atoms with Crippen LogP contribution in [0.4, 0.5) is 0 Å². The molecule has 122 valence electrons. The summed E-state index contributed by atoms with van der Waals surface area (Å²) in [7, 11) is 0. The summed E-state index contributed by atoms with van der Waals surface area (Å²) in [6, 6.07) is 0. The number of allylic oxidation sites excluding steroid dienone is 4. The third-order valence-corrected chi connectivity index (χ3v) is 5.41. The number of carbonyl (C=O) groups excluding carboxylic acids is 1. The van der Waals surface area contributed by atoms with E-state index in [4.69, 9.17) is 0 Å². The molecule has 0 bridgehead atoms. The van der Waals surface area contributed by atoms with Crippen LogP contribution >= 0.6 is 0 Å². The molecule has 2 nitrogen and oxygen atoms in total. The Morgan fingerprint density at radius 2 is 1.95 bits per heavy atom. The van der Waals surface area contributed by atoms with E-state index in [-0.39, 0.29) is 11.2 Å². The zero-order chi connectivity index (χ0) is 16.5. The van der Waals surface area contributed by atoms with E-state index in [1.807, 2.05) is 12.2 Å². The average molecular weight is 302 g/mol. The molecule has 0 aromatic rings. The van der Waals surface area contributed by atoms with Crippen molar-refractivity contribution < 1.29 is 9.90 Å². The lowest BCUT2D eigenvalue weighted by atomic mass is 9.69. The zero-order valence-electron chi connectivity index (χ0n) is 14.6. The van der Waals surface area contributed by atoms with Crippen molar-refractivity contribution >= 4 is 5.78 Å². The highest BCUT2D eigenvalue weighted by molar-refractivity contribution is 5.98. The minimum Gasteiger partial charge on any atom is -0.389 e. The predicted octanol–water partition coefficient (Wildman–Crippen LogP) is 4.60. The van der Waals surface area contributed by atoms with Gasteiger partial charge in [-0.25, -0.2) is 0 Å². The second-order valence-corrected chi connectivity index (χ2v) is 7.71. The van der Waals surface area contributed by atoms with E-state index >= 15 is 0 Å². The number of hydrogen-bond donors (Lipinski definition) is 1. The summed E-state index contributed by atoms with van der Waals surface area (Å²) < 4.78 is 0. The third-order valence-electron chi connectivity index (χ3n) is 5.41. The lowest BCUT2D eigenvalue weighted by Gasteiger charge is -2.33. The van der Waals surface area contributed by atoms with Gasteiger partial charge >= 0.3 is 0 Å². The van der Waals surface area contributed by atoms with E-state index in [1.165, 1.54) is 16.7 Å². The van der Waals surface area contributed by atoms with Gasteiger partial charge in [0.05, 0.1) is 6.10 Å². The fraction of sp³-hybridized carbons (Fsp3) is 0.650. The maximum atomic E-state index is 12.7. The van der Waals surface area contributed by atoms with Crippen LogP contribution in [0.3, 0.4) is 0 Å². The van der Waals surface area contributed by atoms with Crippen molar-refractivity contribution in [2.75, 3.05) is 0 Å². The number of hydrogen-bond acceptors (Lipinski definition) is 2. The molecule has 0 spiro atoms. The van der Waals surface area contributed by atoms with Crippen LogP contribution in [0.1, 0.15) is 60.3 Å². The van der Waals surface area contributed by atoms with Crippen LogP contribution in [0.15, 0.2) is 34.9 Å². The Morgan fingerprint density at radius 1 is 1.27 bits per heavy atom. The van der Waals surface area contributed by atoms with Gasteiger partial charge in [-0.15, -0.1) is 0 Å². The summed E-state index contributed by atoms with van der Waals surface area (Å²) in [6.07, 6.45) is 9.05. The topological polar surface area (TPSA) is 37.3 Å². The standard InChI is InChI=1S/C20H30O2/c1-13(2)17-12-19(22)20(5)9-8-15(4)11-16(21)10-14(3)6-7-18(17)20/h8,10,12-13,16,18,21H,6-7,9,11H2,1-5H3/t16-,18?,20+/m0/s1. The maximum absolute atomic E-state index is 12.7. The van der Waals surface area contributed by atoms with E-state index in [9.17, 15) is 9.90 Å². The molecule has 0 aliphatic heterocycles. The van der Waals surface area contributed by atoms with Gasteiger partial charge < -0.3 is 5.11 Å². The molecule has 0 heterocycles. The van der Waals surface area contributed by atoms with Gasteiger partial charge in [-0.2, -0.15) is 0 Å². The highest BCUT2D eigenvalue weighted by Gasteiger charge is 2.46. The first-order valence-electron chi connectivity index (χ1n) is 8.51. The molecule has 22 heavy (non-hydrogen) atoms. The second kappa shape index (κ2) is 6.54. The van der Waals surface area contributed by atoms with E-state index in [2.05, 4.69) is 40.7 Å². The first kappa shape index (κ1) is 17.2. The molecule has 3 atom stereocenters. The highest BCUT2D eigenvalue weighted by atomic mass is 16.3. The van der Waals surface area contributed by atoms with E-state index < -0.39 is 6.10 Å². The number of aliphatic hydroxyl groups is 1. The Hall–Kier alpha value is -1.15. The molecule has 1 N–H and O–H groups in total. The van der Waals surface area contributed by atoms with Crippen LogP contribution in [0.2, 0.25) is 0 Å². The number of ketones is 1. The summed E-state index contributed by atoms with van der Waals surface area (Å²) in [6.45, 7) is 10.6. The fourth-order valence-electron chi connectivity index (χ4n) is 3.90. The van der Waals surface area contributed by atoms with Crippen LogP contribution in [0.5, 0.6) is 0 Å². The summed E-state index contributed by atoms with van der Waals surface area (Å²) in [4.78, 5) is 12.7. The Bertz CT molecular complexity index is 536. The minimum atomic E-state index is -0.405. The van der Waals surface area contributed by atoms with Crippen molar-refractivity contribution in [1.82, 2.24) is 0 Å². The normalized spacial score (nSPS) is 33.8. The Morgan fingerprint density at radius 3 is 2.59 bits per heavy atom. The summed E-state index contributed by atoms with van der Waals surface area (Å²) in [5, 5.41) is 10.1. The smallest absolute Gasteiger partial charge is 0.162 e. The molecule has 0 fully saturated rings.